The van der Waals surface area contributed by atoms with Crippen LogP contribution in [-0.2, 0) is 0 Å². The van der Waals surface area contributed by atoms with Crippen LogP contribution in [0.4, 0.5) is 0 Å². The first-order valence-corrected chi connectivity index (χ1v) is 5.74. The highest BCUT2D eigenvalue weighted by molar-refractivity contribution is 5.77. The van der Waals surface area contributed by atoms with E-state index in [1.54, 1.807) is 0 Å². The second kappa shape index (κ2) is 3.11. The third-order valence-electron chi connectivity index (χ3n) is 3.71. The van der Waals surface area contributed by atoms with Gasteiger partial charge in [0.05, 0.1) is 0 Å². The van der Waals surface area contributed by atoms with E-state index in [0.717, 1.165) is 17.4 Å². The van der Waals surface area contributed by atoms with Gasteiger partial charge < -0.3 is 9.52 Å². The van der Waals surface area contributed by atoms with E-state index >= 15 is 0 Å². The van der Waals surface area contributed by atoms with Crippen molar-refractivity contribution in [1.29, 1.82) is 0 Å². The topological polar surface area (TPSA) is 33.4 Å². The molecule has 1 fully saturated rings. The molecule has 0 saturated heterocycles. The van der Waals surface area contributed by atoms with Gasteiger partial charge in [-0.05, 0) is 29.9 Å². The van der Waals surface area contributed by atoms with Crippen molar-refractivity contribution in [1.82, 2.24) is 0 Å². The molecule has 2 atom stereocenters. The lowest BCUT2D eigenvalue weighted by Crippen LogP contribution is -2.03. The van der Waals surface area contributed by atoms with E-state index in [1.165, 1.54) is 0 Å². The molecule has 0 radical (unpaired) electrons. The standard InChI is InChI=1S/C14H16O2/c1-14(2)8-10(14)13(15)12-7-9-5-3-4-6-11(9)16-12/h3-7,10,13,15H,8H2,1-2H3. The molecule has 0 aliphatic heterocycles. The fourth-order valence-corrected chi connectivity index (χ4v) is 2.39. The van der Waals surface area contributed by atoms with Crippen LogP contribution in [0.25, 0.3) is 11.0 Å². The number of aliphatic hydroxyl groups excluding tert-OH is 1. The maximum Gasteiger partial charge on any atom is 0.134 e. The highest BCUT2D eigenvalue weighted by Gasteiger charge is 2.51. The van der Waals surface area contributed by atoms with Gasteiger partial charge in [-0.2, -0.15) is 0 Å². The van der Waals surface area contributed by atoms with Crippen molar-refractivity contribution in [2.75, 3.05) is 0 Å². The molecule has 0 spiro atoms. The Morgan fingerprint density at radius 1 is 1.38 bits per heavy atom. The molecule has 1 aliphatic carbocycles. The largest absolute Gasteiger partial charge is 0.458 e. The maximum atomic E-state index is 10.2. The van der Waals surface area contributed by atoms with Gasteiger partial charge in [0, 0.05) is 5.39 Å². The Morgan fingerprint density at radius 3 is 2.69 bits per heavy atom. The number of hydrogen-bond acceptors (Lipinski definition) is 2. The van der Waals surface area contributed by atoms with Crippen LogP contribution >= 0.6 is 0 Å². The summed E-state index contributed by atoms with van der Waals surface area (Å²) in [5.41, 5.74) is 1.12. The number of aliphatic hydroxyl groups is 1. The summed E-state index contributed by atoms with van der Waals surface area (Å²) in [6.45, 7) is 4.37. The van der Waals surface area contributed by atoms with Crippen LogP contribution in [-0.4, -0.2) is 5.11 Å². The molecule has 2 nitrogen and oxygen atoms in total. The first-order valence-electron chi connectivity index (χ1n) is 5.74. The van der Waals surface area contributed by atoms with Crippen molar-refractivity contribution in [3.05, 3.63) is 36.1 Å². The zero-order valence-corrected chi connectivity index (χ0v) is 9.60. The summed E-state index contributed by atoms with van der Waals surface area (Å²) >= 11 is 0. The summed E-state index contributed by atoms with van der Waals surface area (Å²) < 4.78 is 5.67. The van der Waals surface area contributed by atoms with E-state index in [9.17, 15) is 5.11 Å². The number of rotatable bonds is 2. The van der Waals surface area contributed by atoms with Crippen LogP contribution in [0.1, 0.15) is 32.1 Å². The summed E-state index contributed by atoms with van der Waals surface area (Å²) in [6, 6.07) is 9.82. The third-order valence-corrected chi connectivity index (χ3v) is 3.71. The van der Waals surface area contributed by atoms with Crippen molar-refractivity contribution in [3.8, 4) is 0 Å². The van der Waals surface area contributed by atoms with E-state index in [0.29, 0.717) is 11.7 Å². The normalized spacial score (nSPS) is 24.6. The Hall–Kier alpha value is -1.28. The minimum absolute atomic E-state index is 0.262. The van der Waals surface area contributed by atoms with Gasteiger partial charge in [-0.25, -0.2) is 0 Å². The lowest BCUT2D eigenvalue weighted by Gasteiger charge is -2.08. The zero-order chi connectivity index (χ0) is 11.3. The van der Waals surface area contributed by atoms with E-state index in [-0.39, 0.29) is 5.41 Å². The molecule has 1 heterocycles. The van der Waals surface area contributed by atoms with E-state index in [1.807, 2.05) is 30.3 Å². The minimum atomic E-state index is -0.456. The summed E-state index contributed by atoms with van der Waals surface area (Å²) in [4.78, 5) is 0. The molecule has 16 heavy (non-hydrogen) atoms. The SMILES string of the molecule is CC1(C)CC1C(O)c1cc2ccccc2o1. The van der Waals surface area contributed by atoms with Gasteiger partial charge in [0.25, 0.3) is 0 Å². The molecule has 2 unspecified atom stereocenters. The van der Waals surface area contributed by atoms with Crippen LogP contribution in [0, 0.1) is 11.3 Å². The van der Waals surface area contributed by atoms with Crippen molar-refractivity contribution in [2.45, 2.75) is 26.4 Å². The summed E-state index contributed by atoms with van der Waals surface area (Å²) in [5, 5.41) is 11.3. The van der Waals surface area contributed by atoms with Crippen molar-refractivity contribution < 1.29 is 9.52 Å². The molecule has 84 valence electrons. The second-order valence-electron chi connectivity index (χ2n) is 5.43. The number of para-hydroxylation sites is 1. The Morgan fingerprint density at radius 2 is 2.06 bits per heavy atom. The first kappa shape index (κ1) is 9.91. The maximum absolute atomic E-state index is 10.2. The number of fused-ring (bicyclic) bond motifs is 1. The summed E-state index contributed by atoms with van der Waals surface area (Å²) in [5.74, 6) is 1.05. The van der Waals surface area contributed by atoms with Crippen LogP contribution in [0.15, 0.2) is 34.7 Å². The lowest BCUT2D eigenvalue weighted by molar-refractivity contribution is 0.115. The smallest absolute Gasteiger partial charge is 0.134 e. The predicted molar refractivity (Wildman–Crippen MR) is 63.1 cm³/mol. The minimum Gasteiger partial charge on any atom is -0.458 e. The van der Waals surface area contributed by atoms with E-state index in [2.05, 4.69) is 13.8 Å². The highest BCUT2D eigenvalue weighted by Crippen LogP contribution is 2.57. The van der Waals surface area contributed by atoms with Gasteiger partial charge in [-0.3, -0.25) is 0 Å². The van der Waals surface area contributed by atoms with Crippen molar-refractivity contribution in [3.63, 3.8) is 0 Å². The van der Waals surface area contributed by atoms with Crippen LogP contribution in [0.5, 0.6) is 0 Å². The molecule has 1 saturated carbocycles. The molecule has 2 aromatic rings. The summed E-state index contributed by atoms with van der Waals surface area (Å²) in [7, 11) is 0. The molecule has 1 aromatic carbocycles. The molecular weight excluding hydrogens is 200 g/mol. The van der Waals surface area contributed by atoms with E-state index < -0.39 is 6.10 Å². The Kier molecular flexibility index (Phi) is 1.93. The Balaban J connectivity index is 1.94. The van der Waals surface area contributed by atoms with Gasteiger partial charge in [0.15, 0.2) is 0 Å². The predicted octanol–water partition coefficient (Wildman–Crippen LogP) is 3.51. The molecule has 1 N–H and O–H groups in total. The van der Waals surface area contributed by atoms with E-state index in [4.69, 9.17) is 4.42 Å². The van der Waals surface area contributed by atoms with Gasteiger partial charge in [0.1, 0.15) is 17.4 Å². The van der Waals surface area contributed by atoms with Gasteiger partial charge in [0.2, 0.25) is 0 Å². The molecule has 0 amide bonds. The number of hydrogen-bond donors (Lipinski definition) is 1. The van der Waals surface area contributed by atoms with Gasteiger partial charge in [-0.15, -0.1) is 0 Å². The third kappa shape index (κ3) is 1.45. The monoisotopic (exact) mass is 216 g/mol. The number of benzene rings is 1. The fourth-order valence-electron chi connectivity index (χ4n) is 2.39. The zero-order valence-electron chi connectivity index (χ0n) is 9.60. The molecule has 1 aliphatic rings. The Labute approximate surface area is 94.9 Å². The quantitative estimate of drug-likeness (QED) is 0.833. The first-order chi connectivity index (χ1) is 7.58. The van der Waals surface area contributed by atoms with Crippen molar-refractivity contribution in [2.24, 2.45) is 11.3 Å². The molecular formula is C14H16O2. The van der Waals surface area contributed by atoms with Crippen LogP contribution < -0.4 is 0 Å². The second-order valence-corrected chi connectivity index (χ2v) is 5.43. The molecule has 1 aromatic heterocycles. The van der Waals surface area contributed by atoms with Gasteiger partial charge >= 0.3 is 0 Å². The Bertz CT molecular complexity index is 491. The molecule has 3 rings (SSSR count). The average Bonchev–Trinajstić information content (AvgIpc) is 2.74. The van der Waals surface area contributed by atoms with Crippen molar-refractivity contribution >= 4 is 11.0 Å². The van der Waals surface area contributed by atoms with Crippen LogP contribution in [0.3, 0.4) is 0 Å². The van der Waals surface area contributed by atoms with Crippen LogP contribution in [0.2, 0.25) is 0 Å². The molecule has 0 bridgehead atoms. The molecule has 2 heteroatoms. The number of furan rings is 1. The fraction of sp³-hybridized carbons (Fsp3) is 0.429. The average molecular weight is 216 g/mol. The van der Waals surface area contributed by atoms with Gasteiger partial charge in [-0.1, -0.05) is 32.0 Å². The lowest BCUT2D eigenvalue weighted by atomic mass is 10.0. The summed E-state index contributed by atoms with van der Waals surface area (Å²) in [6.07, 6.45) is 0.619. The highest BCUT2D eigenvalue weighted by atomic mass is 16.4.